The number of nitrogens with one attached hydrogen (secondary N) is 1. The van der Waals surface area contributed by atoms with Crippen molar-refractivity contribution in [2.75, 3.05) is 11.1 Å². The average Bonchev–Trinajstić information content (AvgIpc) is 2.50. The predicted octanol–water partition coefficient (Wildman–Crippen LogP) is 2.49. The quantitative estimate of drug-likeness (QED) is 0.831. The number of halogens is 2. The maximum atomic E-state index is 12.9. The minimum absolute atomic E-state index is 0.260. The molecule has 2 rings (SSSR count). The smallest absolute Gasteiger partial charge is 0.175 e. The second-order valence-corrected chi connectivity index (χ2v) is 4.52. The molecule has 0 aliphatic carbocycles. The first-order valence-corrected chi connectivity index (χ1v) is 5.65. The van der Waals surface area contributed by atoms with Gasteiger partial charge in [-0.2, -0.15) is 5.10 Å². The van der Waals surface area contributed by atoms with Crippen molar-refractivity contribution >= 4 is 39.8 Å². The molecule has 0 saturated carbocycles. The van der Waals surface area contributed by atoms with Gasteiger partial charge in [-0.3, -0.25) is 4.68 Å². The molecule has 16 heavy (non-hydrogen) atoms. The van der Waals surface area contributed by atoms with Crippen molar-refractivity contribution in [1.82, 2.24) is 9.78 Å². The Morgan fingerprint density at radius 2 is 2.25 bits per heavy atom. The number of aryl methyl sites for hydroxylation is 1. The van der Waals surface area contributed by atoms with Crippen LogP contribution in [0.25, 0.3) is 0 Å². The van der Waals surface area contributed by atoms with E-state index in [1.165, 1.54) is 12.1 Å². The maximum absolute atomic E-state index is 12.9. The Morgan fingerprint density at radius 1 is 1.50 bits per heavy atom. The topological polar surface area (TPSA) is 55.9 Å². The Kier molecular flexibility index (Phi) is 2.99. The highest BCUT2D eigenvalue weighted by Crippen LogP contribution is 2.25. The summed E-state index contributed by atoms with van der Waals surface area (Å²) in [6.45, 7) is 0. The molecule has 0 aliphatic rings. The van der Waals surface area contributed by atoms with Crippen molar-refractivity contribution in [3.05, 3.63) is 33.8 Å². The number of aromatic nitrogens is 2. The summed E-state index contributed by atoms with van der Waals surface area (Å²) in [4.78, 5) is 0. The van der Waals surface area contributed by atoms with Gasteiger partial charge in [-0.25, -0.2) is 4.39 Å². The third kappa shape index (κ3) is 2.26. The van der Waals surface area contributed by atoms with Crippen molar-refractivity contribution in [2.24, 2.45) is 7.05 Å². The number of nitrogens with zero attached hydrogens (tertiary/aromatic N) is 2. The molecular weight excluding hydrogens is 322 g/mol. The number of hydrogen-bond acceptors (Lipinski definition) is 3. The van der Waals surface area contributed by atoms with Gasteiger partial charge in [0, 0.05) is 16.8 Å². The van der Waals surface area contributed by atoms with Crippen LogP contribution in [0.2, 0.25) is 0 Å². The van der Waals surface area contributed by atoms with Crippen LogP contribution in [0.5, 0.6) is 0 Å². The molecule has 0 bridgehead atoms. The SMILES string of the molecule is Cn1cc(N)c(Nc2ccc(F)cc2I)n1. The minimum atomic E-state index is -0.260. The highest BCUT2D eigenvalue weighted by molar-refractivity contribution is 14.1. The first-order valence-electron chi connectivity index (χ1n) is 4.57. The third-order valence-corrected chi connectivity index (χ3v) is 2.93. The minimum Gasteiger partial charge on any atom is -0.394 e. The third-order valence-electron chi connectivity index (χ3n) is 2.04. The first kappa shape index (κ1) is 11.2. The standard InChI is InChI=1S/C10H10FIN4/c1-16-5-8(13)10(15-16)14-9-3-2-6(11)4-7(9)12/h2-5H,13H2,1H3,(H,14,15). The van der Waals surface area contributed by atoms with Crippen LogP contribution >= 0.6 is 22.6 Å². The van der Waals surface area contributed by atoms with Gasteiger partial charge in [0.25, 0.3) is 0 Å². The first-order chi connectivity index (χ1) is 7.56. The fourth-order valence-corrected chi connectivity index (χ4v) is 1.93. The number of hydrogen-bond donors (Lipinski definition) is 2. The summed E-state index contributed by atoms with van der Waals surface area (Å²) in [6.07, 6.45) is 1.71. The summed E-state index contributed by atoms with van der Waals surface area (Å²) in [6, 6.07) is 4.50. The monoisotopic (exact) mass is 332 g/mol. The fraction of sp³-hybridized carbons (Fsp3) is 0.100. The van der Waals surface area contributed by atoms with E-state index >= 15 is 0 Å². The van der Waals surface area contributed by atoms with Crippen LogP contribution in [0, 0.1) is 9.39 Å². The molecule has 0 spiro atoms. The summed E-state index contributed by atoms with van der Waals surface area (Å²) < 4.78 is 15.3. The summed E-state index contributed by atoms with van der Waals surface area (Å²) in [5, 5.41) is 7.21. The van der Waals surface area contributed by atoms with E-state index in [0.29, 0.717) is 11.5 Å². The van der Waals surface area contributed by atoms with Gasteiger partial charge in [0.1, 0.15) is 5.82 Å². The molecule has 0 fully saturated rings. The maximum Gasteiger partial charge on any atom is 0.175 e. The summed E-state index contributed by atoms with van der Waals surface area (Å²) in [5.74, 6) is 0.316. The van der Waals surface area contributed by atoms with E-state index in [1.807, 2.05) is 0 Å². The van der Waals surface area contributed by atoms with E-state index in [1.54, 1.807) is 24.0 Å². The van der Waals surface area contributed by atoms with Gasteiger partial charge in [-0.05, 0) is 40.8 Å². The van der Waals surface area contributed by atoms with E-state index in [-0.39, 0.29) is 5.82 Å². The van der Waals surface area contributed by atoms with Crippen LogP contribution in [0.15, 0.2) is 24.4 Å². The van der Waals surface area contributed by atoms with E-state index in [9.17, 15) is 4.39 Å². The Morgan fingerprint density at radius 3 is 2.81 bits per heavy atom. The van der Waals surface area contributed by atoms with Crippen LogP contribution in [0.1, 0.15) is 0 Å². The number of anilines is 3. The van der Waals surface area contributed by atoms with E-state index in [0.717, 1.165) is 9.26 Å². The van der Waals surface area contributed by atoms with Crippen molar-refractivity contribution in [1.29, 1.82) is 0 Å². The van der Waals surface area contributed by atoms with Gasteiger partial charge >= 0.3 is 0 Å². The molecule has 0 unspecified atom stereocenters. The van der Waals surface area contributed by atoms with Gasteiger partial charge in [0.2, 0.25) is 0 Å². The van der Waals surface area contributed by atoms with Gasteiger partial charge in [-0.15, -0.1) is 0 Å². The second-order valence-electron chi connectivity index (χ2n) is 3.36. The fourth-order valence-electron chi connectivity index (χ4n) is 1.32. The highest BCUT2D eigenvalue weighted by Gasteiger charge is 2.07. The van der Waals surface area contributed by atoms with Crippen molar-refractivity contribution in [2.45, 2.75) is 0 Å². The highest BCUT2D eigenvalue weighted by atomic mass is 127. The van der Waals surface area contributed by atoms with Gasteiger partial charge in [0.15, 0.2) is 5.82 Å². The number of rotatable bonds is 2. The second kappa shape index (κ2) is 4.28. The molecule has 0 radical (unpaired) electrons. The lowest BCUT2D eigenvalue weighted by molar-refractivity contribution is 0.627. The molecule has 1 aromatic heterocycles. The molecule has 6 heteroatoms. The summed E-state index contributed by atoms with van der Waals surface area (Å²) in [7, 11) is 1.79. The number of nitrogens with two attached hydrogens (primary N) is 1. The van der Waals surface area contributed by atoms with Crippen molar-refractivity contribution < 1.29 is 4.39 Å². The van der Waals surface area contributed by atoms with E-state index in [4.69, 9.17) is 5.73 Å². The van der Waals surface area contributed by atoms with Crippen LogP contribution < -0.4 is 11.1 Å². The molecule has 0 amide bonds. The lowest BCUT2D eigenvalue weighted by atomic mass is 10.3. The molecule has 0 saturated heterocycles. The Bertz CT molecular complexity index is 524. The van der Waals surface area contributed by atoms with Crippen molar-refractivity contribution in [3.8, 4) is 0 Å². The van der Waals surface area contributed by atoms with Crippen LogP contribution in [-0.2, 0) is 7.05 Å². The molecule has 1 aromatic carbocycles. The molecular formula is C10H10FIN4. The molecule has 1 heterocycles. The van der Waals surface area contributed by atoms with E-state index in [2.05, 4.69) is 33.0 Å². The Balaban J connectivity index is 2.30. The zero-order chi connectivity index (χ0) is 11.7. The van der Waals surface area contributed by atoms with Crippen LogP contribution in [-0.4, -0.2) is 9.78 Å². The molecule has 84 valence electrons. The lowest BCUT2D eigenvalue weighted by Gasteiger charge is -2.06. The molecule has 0 aliphatic heterocycles. The van der Waals surface area contributed by atoms with Gasteiger partial charge in [0.05, 0.1) is 11.4 Å². The van der Waals surface area contributed by atoms with Crippen LogP contribution in [0.4, 0.5) is 21.6 Å². The summed E-state index contributed by atoms with van der Waals surface area (Å²) >= 11 is 2.05. The van der Waals surface area contributed by atoms with Crippen LogP contribution in [0.3, 0.4) is 0 Å². The average molecular weight is 332 g/mol. The number of benzene rings is 1. The predicted molar refractivity (Wildman–Crippen MR) is 70.0 cm³/mol. The normalized spacial score (nSPS) is 10.4. The molecule has 4 nitrogen and oxygen atoms in total. The largest absolute Gasteiger partial charge is 0.394 e. The van der Waals surface area contributed by atoms with Gasteiger partial charge < -0.3 is 11.1 Å². The lowest BCUT2D eigenvalue weighted by Crippen LogP contribution is -1.98. The van der Waals surface area contributed by atoms with Gasteiger partial charge in [-0.1, -0.05) is 0 Å². The van der Waals surface area contributed by atoms with Crippen molar-refractivity contribution in [3.63, 3.8) is 0 Å². The Labute approximate surface area is 106 Å². The molecule has 2 aromatic rings. The number of nitrogen functional groups attached to an aromatic ring is 1. The molecule has 0 atom stereocenters. The summed E-state index contributed by atoms with van der Waals surface area (Å²) in [5.41, 5.74) is 7.09. The zero-order valence-corrected chi connectivity index (χ0v) is 10.7. The molecule has 3 N–H and O–H groups in total. The van der Waals surface area contributed by atoms with E-state index < -0.39 is 0 Å². The Hall–Kier alpha value is -1.31. The zero-order valence-electron chi connectivity index (χ0n) is 8.54.